The maximum absolute atomic E-state index is 12.7. The number of aromatic nitrogens is 1. The van der Waals surface area contributed by atoms with Gasteiger partial charge in [0, 0.05) is 29.1 Å². The minimum absolute atomic E-state index is 0.202. The summed E-state index contributed by atoms with van der Waals surface area (Å²) in [5, 5.41) is 19.4. The molecule has 7 heteroatoms. The van der Waals surface area contributed by atoms with E-state index in [1.165, 1.54) is 5.56 Å². The van der Waals surface area contributed by atoms with Crippen molar-refractivity contribution in [3.8, 4) is 5.75 Å². The standard InChI is InChI=1S/C18H22N2O5/c1-24-12-2-3-14-13(6-12)15-10-4-5-20(7-10)17(16(15)19-14)18(23)25-9-11(22)8-21/h2-3,6,10-11,17,19,21-22H,4-5,7-9H2,1H3. The van der Waals surface area contributed by atoms with Crippen LogP contribution in [-0.2, 0) is 9.53 Å². The van der Waals surface area contributed by atoms with Crippen molar-refractivity contribution >= 4 is 16.9 Å². The molecular formula is C18H22N2O5. The van der Waals surface area contributed by atoms with Crippen molar-refractivity contribution in [2.75, 3.05) is 33.4 Å². The lowest BCUT2D eigenvalue weighted by molar-refractivity contribution is -0.154. The monoisotopic (exact) mass is 346 g/mol. The number of ether oxygens (including phenoxy) is 2. The van der Waals surface area contributed by atoms with Crippen LogP contribution in [0.4, 0.5) is 0 Å². The van der Waals surface area contributed by atoms with Crippen molar-refractivity contribution in [3.05, 3.63) is 29.5 Å². The number of aromatic amines is 1. The van der Waals surface area contributed by atoms with E-state index in [9.17, 15) is 9.90 Å². The van der Waals surface area contributed by atoms with Gasteiger partial charge in [0.05, 0.1) is 13.7 Å². The summed E-state index contributed by atoms with van der Waals surface area (Å²) in [4.78, 5) is 18.2. The molecule has 134 valence electrons. The quantitative estimate of drug-likeness (QED) is 0.697. The van der Waals surface area contributed by atoms with E-state index in [4.69, 9.17) is 14.6 Å². The Labute approximate surface area is 145 Å². The zero-order valence-electron chi connectivity index (χ0n) is 14.1. The summed E-state index contributed by atoms with van der Waals surface area (Å²) >= 11 is 0. The van der Waals surface area contributed by atoms with E-state index >= 15 is 0 Å². The summed E-state index contributed by atoms with van der Waals surface area (Å²) in [5.41, 5.74) is 3.03. The van der Waals surface area contributed by atoms with E-state index in [1.54, 1.807) is 7.11 Å². The van der Waals surface area contributed by atoms with Crippen molar-refractivity contribution < 1.29 is 24.5 Å². The van der Waals surface area contributed by atoms with Gasteiger partial charge in [0.2, 0.25) is 0 Å². The highest BCUT2D eigenvalue weighted by atomic mass is 16.5. The number of methoxy groups -OCH3 is 1. The first kappa shape index (κ1) is 16.4. The van der Waals surface area contributed by atoms with Crippen molar-refractivity contribution in [2.45, 2.75) is 24.5 Å². The Balaban J connectivity index is 1.72. The fourth-order valence-electron chi connectivity index (χ4n) is 4.01. The van der Waals surface area contributed by atoms with Crippen LogP contribution in [0.5, 0.6) is 5.75 Å². The Morgan fingerprint density at radius 1 is 1.48 bits per heavy atom. The molecule has 1 aromatic carbocycles. The summed E-state index contributed by atoms with van der Waals surface area (Å²) in [6.07, 6.45) is -0.0504. The molecule has 2 aliphatic heterocycles. The van der Waals surface area contributed by atoms with Gasteiger partial charge in [0.1, 0.15) is 24.5 Å². The number of aliphatic hydroxyl groups is 2. The molecule has 3 N–H and O–H groups in total. The fourth-order valence-corrected chi connectivity index (χ4v) is 4.01. The second kappa shape index (κ2) is 6.33. The first-order valence-corrected chi connectivity index (χ1v) is 8.51. The predicted octanol–water partition coefficient (Wildman–Crippen LogP) is 0.917. The van der Waals surface area contributed by atoms with Crippen molar-refractivity contribution in [3.63, 3.8) is 0 Å². The number of carbonyl (C=O) groups is 1. The molecule has 2 aliphatic rings. The highest BCUT2D eigenvalue weighted by Gasteiger charge is 2.44. The van der Waals surface area contributed by atoms with Gasteiger partial charge in [-0.2, -0.15) is 0 Å². The van der Waals surface area contributed by atoms with Gasteiger partial charge in [-0.25, -0.2) is 4.79 Å². The maximum Gasteiger partial charge on any atom is 0.329 e. The Hall–Kier alpha value is -2.09. The number of benzene rings is 1. The average molecular weight is 346 g/mol. The molecule has 3 heterocycles. The fraction of sp³-hybridized carbons (Fsp3) is 0.500. The van der Waals surface area contributed by atoms with Crippen LogP contribution in [-0.4, -0.2) is 65.6 Å². The van der Waals surface area contributed by atoms with E-state index in [-0.39, 0.29) is 6.61 Å². The van der Waals surface area contributed by atoms with E-state index in [2.05, 4.69) is 9.88 Å². The summed E-state index contributed by atoms with van der Waals surface area (Å²) in [6.45, 7) is 1.02. The molecule has 2 aromatic rings. The molecule has 0 radical (unpaired) electrons. The molecule has 4 unspecified atom stereocenters. The topological polar surface area (TPSA) is 95.0 Å². The van der Waals surface area contributed by atoms with Gasteiger partial charge in [-0.1, -0.05) is 0 Å². The summed E-state index contributed by atoms with van der Waals surface area (Å²) in [7, 11) is 1.64. The molecule has 4 rings (SSSR count). The number of carbonyl (C=O) groups excluding carboxylic acids is 1. The van der Waals surface area contributed by atoms with Crippen LogP contribution in [0.25, 0.3) is 10.9 Å². The lowest BCUT2D eigenvalue weighted by atomic mass is 9.90. The lowest BCUT2D eigenvalue weighted by Gasteiger charge is -2.31. The van der Waals surface area contributed by atoms with Crippen LogP contribution in [0.2, 0.25) is 0 Å². The van der Waals surface area contributed by atoms with Crippen molar-refractivity contribution in [2.24, 2.45) is 0 Å². The van der Waals surface area contributed by atoms with Gasteiger partial charge < -0.3 is 24.7 Å². The minimum Gasteiger partial charge on any atom is -0.497 e. The number of aliphatic hydroxyl groups excluding tert-OH is 2. The van der Waals surface area contributed by atoms with Gasteiger partial charge in [-0.3, -0.25) is 4.90 Å². The number of hydrogen-bond donors (Lipinski definition) is 3. The second-order valence-electron chi connectivity index (χ2n) is 6.71. The Morgan fingerprint density at radius 3 is 3.08 bits per heavy atom. The molecule has 4 atom stereocenters. The summed E-state index contributed by atoms with van der Waals surface area (Å²) < 4.78 is 10.6. The van der Waals surface area contributed by atoms with Crippen LogP contribution in [0.3, 0.4) is 0 Å². The number of H-pyrrole nitrogens is 1. The number of nitrogens with zero attached hydrogens (tertiary/aromatic N) is 1. The zero-order chi connectivity index (χ0) is 17.6. The smallest absolute Gasteiger partial charge is 0.329 e. The molecule has 0 amide bonds. The predicted molar refractivity (Wildman–Crippen MR) is 90.6 cm³/mol. The third kappa shape index (κ3) is 2.68. The van der Waals surface area contributed by atoms with Gasteiger partial charge in [0.25, 0.3) is 0 Å². The number of nitrogens with one attached hydrogen (secondary N) is 1. The summed E-state index contributed by atoms with van der Waals surface area (Å²) in [5.74, 6) is 0.787. The largest absolute Gasteiger partial charge is 0.497 e. The van der Waals surface area contributed by atoms with E-state index in [0.29, 0.717) is 5.92 Å². The first-order chi connectivity index (χ1) is 12.1. The molecule has 7 nitrogen and oxygen atoms in total. The number of esters is 1. The molecule has 1 aromatic heterocycles. The minimum atomic E-state index is -1.05. The normalized spacial score (nSPS) is 25.6. The molecule has 0 spiro atoms. The molecule has 0 aliphatic carbocycles. The third-order valence-electron chi connectivity index (χ3n) is 5.19. The summed E-state index contributed by atoms with van der Waals surface area (Å²) in [6, 6.07) is 5.37. The van der Waals surface area contributed by atoms with Gasteiger partial charge in [-0.05, 0) is 36.7 Å². The molecule has 25 heavy (non-hydrogen) atoms. The lowest BCUT2D eigenvalue weighted by Crippen LogP contribution is -2.38. The molecule has 0 saturated carbocycles. The highest BCUT2D eigenvalue weighted by Crippen LogP contribution is 2.46. The van der Waals surface area contributed by atoms with E-state index in [0.717, 1.165) is 41.9 Å². The third-order valence-corrected chi connectivity index (χ3v) is 5.19. The van der Waals surface area contributed by atoms with Crippen LogP contribution >= 0.6 is 0 Å². The Kier molecular flexibility index (Phi) is 4.15. The van der Waals surface area contributed by atoms with Gasteiger partial charge >= 0.3 is 5.97 Å². The second-order valence-corrected chi connectivity index (χ2v) is 6.71. The zero-order valence-corrected chi connectivity index (χ0v) is 14.1. The molecule has 1 fully saturated rings. The molecule has 2 bridgehead atoms. The highest BCUT2D eigenvalue weighted by molar-refractivity contribution is 5.90. The maximum atomic E-state index is 12.7. The van der Waals surface area contributed by atoms with Crippen molar-refractivity contribution in [1.29, 1.82) is 0 Å². The van der Waals surface area contributed by atoms with E-state index < -0.39 is 24.7 Å². The van der Waals surface area contributed by atoms with Crippen molar-refractivity contribution in [1.82, 2.24) is 9.88 Å². The molecular weight excluding hydrogens is 324 g/mol. The van der Waals surface area contributed by atoms with E-state index in [1.807, 2.05) is 18.2 Å². The molecule has 1 saturated heterocycles. The number of rotatable bonds is 5. The van der Waals surface area contributed by atoms with Gasteiger partial charge in [0.15, 0.2) is 0 Å². The van der Waals surface area contributed by atoms with Gasteiger partial charge in [-0.15, -0.1) is 0 Å². The number of fused-ring (bicyclic) bond motifs is 6. The number of hydrogen-bond acceptors (Lipinski definition) is 6. The van der Waals surface area contributed by atoms with Crippen LogP contribution in [0, 0.1) is 0 Å². The van der Waals surface area contributed by atoms with Crippen LogP contribution in [0.1, 0.15) is 29.6 Å². The average Bonchev–Trinajstić information content (AvgIpc) is 3.21. The Morgan fingerprint density at radius 2 is 2.32 bits per heavy atom. The van der Waals surface area contributed by atoms with Crippen LogP contribution < -0.4 is 4.74 Å². The first-order valence-electron chi connectivity index (χ1n) is 8.51. The SMILES string of the molecule is COc1ccc2[nH]c3c(c2c1)C1CCN(C1)C3C(=O)OCC(O)CO. The Bertz CT molecular complexity index is 802. The van der Waals surface area contributed by atoms with Crippen LogP contribution in [0.15, 0.2) is 18.2 Å².